The van der Waals surface area contributed by atoms with Crippen molar-refractivity contribution in [3.63, 3.8) is 0 Å². The van der Waals surface area contributed by atoms with Crippen molar-refractivity contribution in [1.29, 1.82) is 0 Å². The average Bonchev–Trinajstić information content (AvgIpc) is 2.31. The second kappa shape index (κ2) is 8.46. The number of rotatable bonds is 9. The van der Waals surface area contributed by atoms with E-state index in [-0.39, 0.29) is 5.60 Å². The standard InChI is InChI=1S/C17H36OSi/c1-5-6-7-8-9-10-11-12-14-17(2)15-13-16-19(3,4)18-17/h5-16H2,1-4H3. The summed E-state index contributed by atoms with van der Waals surface area (Å²) in [6.45, 7) is 9.42. The quantitative estimate of drug-likeness (QED) is 0.357. The van der Waals surface area contributed by atoms with Gasteiger partial charge < -0.3 is 4.43 Å². The molecule has 1 rings (SSSR count). The summed E-state index contributed by atoms with van der Waals surface area (Å²) in [5.74, 6) is 0. The first-order valence-corrected chi connectivity index (χ1v) is 11.8. The van der Waals surface area contributed by atoms with Crippen LogP contribution in [0.4, 0.5) is 0 Å². The average molecular weight is 285 g/mol. The zero-order valence-electron chi connectivity index (χ0n) is 13.9. The van der Waals surface area contributed by atoms with Gasteiger partial charge in [0.25, 0.3) is 0 Å². The van der Waals surface area contributed by atoms with Crippen LogP contribution in [-0.2, 0) is 4.43 Å². The monoisotopic (exact) mass is 284 g/mol. The molecule has 1 atom stereocenters. The van der Waals surface area contributed by atoms with Crippen molar-refractivity contribution in [2.75, 3.05) is 0 Å². The molecule has 1 unspecified atom stereocenters. The van der Waals surface area contributed by atoms with Crippen molar-refractivity contribution in [1.82, 2.24) is 0 Å². The molecule has 0 N–H and O–H groups in total. The highest BCUT2D eigenvalue weighted by Crippen LogP contribution is 2.36. The maximum Gasteiger partial charge on any atom is 0.187 e. The SMILES string of the molecule is CCCCCCCCCCC1(C)CCC[Si](C)(C)O1. The van der Waals surface area contributed by atoms with Crippen LogP contribution in [0.1, 0.15) is 84.5 Å². The van der Waals surface area contributed by atoms with Crippen LogP contribution in [0.15, 0.2) is 0 Å². The highest BCUT2D eigenvalue weighted by Gasteiger charge is 2.37. The Kier molecular flexibility index (Phi) is 7.67. The van der Waals surface area contributed by atoms with Gasteiger partial charge in [0.05, 0.1) is 5.60 Å². The van der Waals surface area contributed by atoms with E-state index in [0.29, 0.717) is 0 Å². The lowest BCUT2D eigenvalue weighted by Crippen LogP contribution is -2.46. The third kappa shape index (κ3) is 7.50. The maximum atomic E-state index is 6.46. The van der Waals surface area contributed by atoms with Gasteiger partial charge in [0, 0.05) is 0 Å². The molecule has 0 aromatic heterocycles. The van der Waals surface area contributed by atoms with E-state index >= 15 is 0 Å². The van der Waals surface area contributed by atoms with Crippen LogP contribution < -0.4 is 0 Å². The first-order chi connectivity index (χ1) is 8.97. The van der Waals surface area contributed by atoms with Gasteiger partial charge in [-0.1, -0.05) is 64.7 Å². The van der Waals surface area contributed by atoms with E-state index in [1.807, 2.05) is 0 Å². The van der Waals surface area contributed by atoms with Crippen LogP contribution in [0.25, 0.3) is 0 Å². The summed E-state index contributed by atoms with van der Waals surface area (Å²) >= 11 is 0. The van der Waals surface area contributed by atoms with Crippen LogP contribution in [0.2, 0.25) is 19.1 Å². The van der Waals surface area contributed by atoms with Gasteiger partial charge >= 0.3 is 0 Å². The molecule has 0 saturated carbocycles. The van der Waals surface area contributed by atoms with E-state index in [1.54, 1.807) is 0 Å². The topological polar surface area (TPSA) is 9.23 Å². The van der Waals surface area contributed by atoms with Gasteiger partial charge in [0.2, 0.25) is 0 Å². The molecular weight excluding hydrogens is 248 g/mol. The molecule has 0 amide bonds. The molecule has 0 aliphatic carbocycles. The van der Waals surface area contributed by atoms with Crippen molar-refractivity contribution in [2.45, 2.75) is 109 Å². The normalized spacial score (nSPS) is 26.5. The summed E-state index contributed by atoms with van der Waals surface area (Å²) in [4.78, 5) is 0. The molecule has 0 bridgehead atoms. The fraction of sp³-hybridized carbons (Fsp3) is 1.00. The fourth-order valence-electron chi connectivity index (χ4n) is 3.47. The molecule has 1 aliphatic heterocycles. The molecule has 1 fully saturated rings. The lowest BCUT2D eigenvalue weighted by Gasteiger charge is -2.43. The molecule has 1 nitrogen and oxygen atoms in total. The van der Waals surface area contributed by atoms with Crippen LogP contribution in [0.3, 0.4) is 0 Å². The summed E-state index contributed by atoms with van der Waals surface area (Å²) in [7, 11) is -1.32. The summed E-state index contributed by atoms with van der Waals surface area (Å²) < 4.78 is 6.46. The maximum absolute atomic E-state index is 6.46. The second-order valence-corrected chi connectivity index (χ2v) is 11.6. The van der Waals surface area contributed by atoms with Gasteiger partial charge in [-0.15, -0.1) is 0 Å². The van der Waals surface area contributed by atoms with Gasteiger partial charge in [-0.2, -0.15) is 0 Å². The Labute approximate surface area is 122 Å². The lowest BCUT2D eigenvalue weighted by molar-refractivity contribution is 0.0418. The van der Waals surface area contributed by atoms with Gasteiger partial charge in [-0.25, -0.2) is 0 Å². The number of hydrogen-bond donors (Lipinski definition) is 0. The van der Waals surface area contributed by atoms with Crippen molar-refractivity contribution < 1.29 is 4.43 Å². The van der Waals surface area contributed by atoms with E-state index in [0.717, 1.165) is 0 Å². The second-order valence-electron chi connectivity index (χ2n) is 7.39. The Hall–Kier alpha value is 0.177. The molecule has 0 aromatic rings. The van der Waals surface area contributed by atoms with Crippen molar-refractivity contribution in [2.24, 2.45) is 0 Å². The lowest BCUT2D eigenvalue weighted by atomic mass is 9.93. The highest BCUT2D eigenvalue weighted by molar-refractivity contribution is 6.71. The molecule has 19 heavy (non-hydrogen) atoms. The van der Waals surface area contributed by atoms with Crippen LogP contribution in [-0.4, -0.2) is 13.9 Å². The molecule has 0 spiro atoms. The third-order valence-electron chi connectivity index (χ3n) is 4.57. The van der Waals surface area contributed by atoms with Gasteiger partial charge in [0.15, 0.2) is 8.32 Å². The largest absolute Gasteiger partial charge is 0.412 e. The van der Waals surface area contributed by atoms with Crippen LogP contribution >= 0.6 is 0 Å². The number of unbranched alkanes of at least 4 members (excludes halogenated alkanes) is 7. The van der Waals surface area contributed by atoms with Crippen LogP contribution in [0, 0.1) is 0 Å². The minimum Gasteiger partial charge on any atom is -0.412 e. The Bertz CT molecular complexity index is 239. The first-order valence-electron chi connectivity index (χ1n) is 8.68. The fourth-order valence-corrected chi connectivity index (χ4v) is 6.13. The molecule has 0 radical (unpaired) electrons. The molecule has 114 valence electrons. The molecule has 1 heterocycles. The summed E-state index contributed by atoms with van der Waals surface area (Å²) in [5, 5.41) is 0. The van der Waals surface area contributed by atoms with E-state index in [9.17, 15) is 0 Å². The summed E-state index contributed by atoms with van der Waals surface area (Å²) in [6.07, 6.45) is 15.3. The van der Waals surface area contributed by atoms with Crippen molar-refractivity contribution in [3.8, 4) is 0 Å². The predicted octanol–water partition coefficient (Wildman–Crippen LogP) is 6.29. The number of hydrogen-bond acceptors (Lipinski definition) is 1. The molecule has 1 saturated heterocycles. The van der Waals surface area contributed by atoms with Gasteiger partial charge in [-0.05, 0) is 38.9 Å². The molecule has 0 aromatic carbocycles. The molecule has 2 heteroatoms. The van der Waals surface area contributed by atoms with Gasteiger partial charge in [0.1, 0.15) is 0 Å². The van der Waals surface area contributed by atoms with Crippen molar-refractivity contribution >= 4 is 8.32 Å². The highest BCUT2D eigenvalue weighted by atomic mass is 28.4. The Morgan fingerprint density at radius 1 is 0.947 bits per heavy atom. The van der Waals surface area contributed by atoms with E-state index in [1.165, 1.54) is 76.7 Å². The van der Waals surface area contributed by atoms with E-state index < -0.39 is 8.32 Å². The van der Waals surface area contributed by atoms with E-state index in [4.69, 9.17) is 4.43 Å². The Morgan fingerprint density at radius 2 is 1.53 bits per heavy atom. The summed E-state index contributed by atoms with van der Waals surface area (Å²) in [6, 6.07) is 1.36. The first kappa shape index (κ1) is 17.2. The zero-order valence-corrected chi connectivity index (χ0v) is 14.9. The van der Waals surface area contributed by atoms with Crippen molar-refractivity contribution in [3.05, 3.63) is 0 Å². The third-order valence-corrected chi connectivity index (χ3v) is 7.17. The van der Waals surface area contributed by atoms with Crippen LogP contribution in [0.5, 0.6) is 0 Å². The van der Waals surface area contributed by atoms with Gasteiger partial charge in [-0.3, -0.25) is 0 Å². The minimum absolute atomic E-state index is 0.218. The zero-order chi connectivity index (χ0) is 14.2. The van der Waals surface area contributed by atoms with E-state index in [2.05, 4.69) is 26.9 Å². The smallest absolute Gasteiger partial charge is 0.187 e. The Morgan fingerprint density at radius 3 is 2.11 bits per heavy atom. The minimum atomic E-state index is -1.32. The Balaban J connectivity index is 2.05. The molecule has 1 aliphatic rings. The molecular formula is C17H36OSi. The summed E-state index contributed by atoms with van der Waals surface area (Å²) in [5.41, 5.74) is 0.218. The predicted molar refractivity (Wildman–Crippen MR) is 88.2 cm³/mol.